The minimum atomic E-state index is -0.268. The first-order valence-electron chi connectivity index (χ1n) is 7.35. The van der Waals surface area contributed by atoms with Crippen LogP contribution in [0.1, 0.15) is 11.6 Å². The fourth-order valence-corrected chi connectivity index (χ4v) is 3.57. The summed E-state index contributed by atoms with van der Waals surface area (Å²) in [7, 11) is 0. The van der Waals surface area contributed by atoms with E-state index in [9.17, 15) is 4.39 Å². The molecule has 4 rings (SSSR count). The average Bonchev–Trinajstić information content (AvgIpc) is 3.15. The van der Waals surface area contributed by atoms with Gasteiger partial charge in [0.25, 0.3) is 0 Å². The average molecular weight is 303 g/mol. The Morgan fingerprint density at radius 3 is 2.82 bits per heavy atom. The first-order chi connectivity index (χ1) is 10.6. The summed E-state index contributed by atoms with van der Waals surface area (Å²) >= 11 is 0. The van der Waals surface area contributed by atoms with Crippen molar-refractivity contribution in [3.63, 3.8) is 0 Å². The van der Waals surface area contributed by atoms with E-state index in [-0.39, 0.29) is 23.8 Å². The third-order valence-corrected chi connectivity index (χ3v) is 4.63. The smallest absolute Gasteiger partial charge is 0.241 e. The molecule has 1 aromatic heterocycles. The van der Waals surface area contributed by atoms with E-state index in [1.807, 2.05) is 0 Å². The predicted molar refractivity (Wildman–Crippen MR) is 80.7 cm³/mol. The highest BCUT2D eigenvalue weighted by Crippen LogP contribution is 2.37. The van der Waals surface area contributed by atoms with Crippen LogP contribution in [-0.4, -0.2) is 34.4 Å². The number of nitrogen functional groups attached to an aromatic ring is 2. The molecule has 22 heavy (non-hydrogen) atoms. The van der Waals surface area contributed by atoms with Crippen molar-refractivity contribution >= 4 is 11.9 Å². The van der Waals surface area contributed by atoms with E-state index >= 15 is 0 Å². The summed E-state index contributed by atoms with van der Waals surface area (Å²) in [6.07, 6.45) is 0. The molecule has 0 saturated carbocycles. The molecular formula is C14H18FN7. The zero-order chi connectivity index (χ0) is 15.3. The molecule has 116 valence electrons. The lowest BCUT2D eigenvalue weighted by Crippen LogP contribution is -2.24. The van der Waals surface area contributed by atoms with Crippen LogP contribution in [-0.2, 0) is 0 Å². The summed E-state index contributed by atoms with van der Waals surface area (Å²) in [6.45, 7) is 2.86. The van der Waals surface area contributed by atoms with Gasteiger partial charge in [0.2, 0.25) is 11.9 Å². The molecule has 0 aliphatic carbocycles. The second-order valence-electron chi connectivity index (χ2n) is 5.91. The van der Waals surface area contributed by atoms with E-state index in [1.165, 1.54) is 10.7 Å². The molecule has 2 saturated heterocycles. The van der Waals surface area contributed by atoms with E-state index in [4.69, 9.17) is 11.5 Å². The third kappa shape index (κ3) is 2.03. The number of nitrogens with one attached hydrogen (secondary N) is 2. The molecule has 6 N–H and O–H groups in total. The predicted octanol–water partition coefficient (Wildman–Crippen LogP) is 0.0507. The van der Waals surface area contributed by atoms with Crippen molar-refractivity contribution in [1.29, 1.82) is 0 Å². The Hall–Kier alpha value is -2.19. The molecule has 0 bridgehead atoms. The maximum atomic E-state index is 14.6. The first-order valence-corrected chi connectivity index (χ1v) is 7.35. The summed E-state index contributed by atoms with van der Waals surface area (Å²) in [4.78, 5) is 3.82. The van der Waals surface area contributed by atoms with Crippen molar-refractivity contribution in [3.8, 4) is 5.69 Å². The molecule has 0 amide bonds. The van der Waals surface area contributed by atoms with Gasteiger partial charge in [0.15, 0.2) is 0 Å². The summed E-state index contributed by atoms with van der Waals surface area (Å²) in [5, 5.41) is 10.8. The second-order valence-corrected chi connectivity index (χ2v) is 5.91. The van der Waals surface area contributed by atoms with E-state index in [2.05, 4.69) is 20.7 Å². The van der Waals surface area contributed by atoms with Crippen molar-refractivity contribution in [2.45, 2.75) is 6.04 Å². The quantitative estimate of drug-likeness (QED) is 0.624. The van der Waals surface area contributed by atoms with Gasteiger partial charge in [0.05, 0.1) is 5.69 Å². The van der Waals surface area contributed by atoms with Crippen LogP contribution in [0.3, 0.4) is 0 Å². The molecular weight excluding hydrogens is 285 g/mol. The SMILES string of the molecule is Nc1nc(N)n(-c2ccc(C3NCC4CNCC43)c(F)c2)n1. The number of halogens is 1. The van der Waals surface area contributed by atoms with Crippen molar-refractivity contribution < 1.29 is 4.39 Å². The number of rotatable bonds is 2. The van der Waals surface area contributed by atoms with Crippen LogP contribution in [0.2, 0.25) is 0 Å². The lowest BCUT2D eigenvalue weighted by atomic mass is 9.89. The highest BCUT2D eigenvalue weighted by atomic mass is 19.1. The van der Waals surface area contributed by atoms with Crippen LogP contribution in [0, 0.1) is 17.7 Å². The molecule has 0 spiro atoms. The number of aromatic nitrogens is 3. The maximum absolute atomic E-state index is 14.6. The lowest BCUT2D eigenvalue weighted by molar-refractivity contribution is 0.434. The van der Waals surface area contributed by atoms with Crippen LogP contribution in [0.25, 0.3) is 5.69 Å². The van der Waals surface area contributed by atoms with E-state index < -0.39 is 0 Å². The topological polar surface area (TPSA) is 107 Å². The van der Waals surface area contributed by atoms with Crippen molar-refractivity contribution in [2.24, 2.45) is 11.8 Å². The van der Waals surface area contributed by atoms with Crippen LogP contribution in [0.4, 0.5) is 16.3 Å². The highest BCUT2D eigenvalue weighted by Gasteiger charge is 2.40. The molecule has 3 atom stereocenters. The summed E-state index contributed by atoms with van der Waals surface area (Å²) < 4.78 is 15.9. The van der Waals surface area contributed by atoms with Crippen molar-refractivity contribution in [1.82, 2.24) is 25.4 Å². The molecule has 2 aliphatic rings. The van der Waals surface area contributed by atoms with Gasteiger partial charge in [-0.25, -0.2) is 4.39 Å². The Bertz CT molecular complexity index is 713. The zero-order valence-electron chi connectivity index (χ0n) is 12.0. The number of benzene rings is 1. The molecule has 2 fully saturated rings. The summed E-state index contributed by atoms with van der Waals surface area (Å²) in [5.41, 5.74) is 12.4. The van der Waals surface area contributed by atoms with Gasteiger partial charge in [-0.1, -0.05) is 6.07 Å². The van der Waals surface area contributed by atoms with Crippen LogP contribution in [0.15, 0.2) is 18.2 Å². The second kappa shape index (κ2) is 4.92. The number of anilines is 2. The number of nitrogens with two attached hydrogens (primary N) is 2. The minimum Gasteiger partial charge on any atom is -0.368 e. The first kappa shape index (κ1) is 13.5. The molecule has 2 aliphatic heterocycles. The molecule has 3 unspecified atom stereocenters. The molecule has 8 heteroatoms. The van der Waals surface area contributed by atoms with Crippen LogP contribution >= 0.6 is 0 Å². The Morgan fingerprint density at radius 2 is 2.09 bits per heavy atom. The Balaban J connectivity index is 1.67. The third-order valence-electron chi connectivity index (χ3n) is 4.63. The fraction of sp³-hybridized carbons (Fsp3) is 0.429. The van der Waals surface area contributed by atoms with Gasteiger partial charge < -0.3 is 22.1 Å². The number of hydrogen-bond donors (Lipinski definition) is 4. The van der Waals surface area contributed by atoms with Gasteiger partial charge >= 0.3 is 0 Å². The van der Waals surface area contributed by atoms with Gasteiger partial charge in [-0.2, -0.15) is 9.67 Å². The van der Waals surface area contributed by atoms with Gasteiger partial charge in [0.1, 0.15) is 5.82 Å². The Morgan fingerprint density at radius 1 is 1.23 bits per heavy atom. The number of nitrogens with zero attached hydrogens (tertiary/aromatic N) is 3. The monoisotopic (exact) mass is 303 g/mol. The van der Waals surface area contributed by atoms with E-state index in [1.54, 1.807) is 12.1 Å². The largest absolute Gasteiger partial charge is 0.368 e. The number of hydrogen-bond acceptors (Lipinski definition) is 6. The Labute approximate surface area is 126 Å². The molecule has 1 aromatic carbocycles. The van der Waals surface area contributed by atoms with Crippen LogP contribution < -0.4 is 22.1 Å². The van der Waals surface area contributed by atoms with Crippen LogP contribution in [0.5, 0.6) is 0 Å². The Kier molecular flexibility index (Phi) is 3.02. The molecule has 7 nitrogen and oxygen atoms in total. The van der Waals surface area contributed by atoms with Gasteiger partial charge in [0, 0.05) is 30.8 Å². The van der Waals surface area contributed by atoms with E-state index in [0.29, 0.717) is 23.1 Å². The molecule has 2 aromatic rings. The lowest BCUT2D eigenvalue weighted by Gasteiger charge is -2.19. The maximum Gasteiger partial charge on any atom is 0.241 e. The zero-order valence-corrected chi connectivity index (χ0v) is 12.0. The normalized spacial score (nSPS) is 27.2. The molecule has 3 heterocycles. The van der Waals surface area contributed by atoms with Gasteiger partial charge in [-0.05, 0) is 24.4 Å². The van der Waals surface area contributed by atoms with Crippen molar-refractivity contribution in [3.05, 3.63) is 29.6 Å². The number of fused-ring (bicyclic) bond motifs is 1. The highest BCUT2D eigenvalue weighted by molar-refractivity contribution is 5.43. The van der Waals surface area contributed by atoms with Gasteiger partial charge in [-0.15, -0.1) is 5.10 Å². The summed E-state index contributed by atoms with van der Waals surface area (Å²) in [5.74, 6) is 0.960. The minimum absolute atomic E-state index is 0.0483. The molecule has 0 radical (unpaired) electrons. The summed E-state index contributed by atoms with van der Waals surface area (Å²) in [6, 6.07) is 5.06. The standard InChI is InChI=1S/C14H18FN7/c15-11-3-8(22-14(17)20-13(16)21-22)1-2-9(11)12-10-6-18-4-7(10)5-19-12/h1-3,7,10,12,18-19H,4-6H2,(H4,16,17,20,21). The van der Waals surface area contributed by atoms with Crippen molar-refractivity contribution in [2.75, 3.05) is 31.1 Å². The fourth-order valence-electron chi connectivity index (χ4n) is 3.57. The van der Waals surface area contributed by atoms with E-state index in [0.717, 1.165) is 19.6 Å². The van der Waals surface area contributed by atoms with Gasteiger partial charge in [-0.3, -0.25) is 0 Å².